The maximum atomic E-state index is 14.2. The number of rotatable bonds is 3. The largest absolute Gasteiger partial charge is 0.368 e. The molecular formula is C32H40N2O3. The minimum atomic E-state index is -0.487. The van der Waals surface area contributed by atoms with Crippen LogP contribution in [0, 0.1) is 23.7 Å². The molecule has 7 rings (SSSR count). The normalized spacial score (nSPS) is 42.1. The summed E-state index contributed by atoms with van der Waals surface area (Å²) in [5.41, 5.74) is 2.75. The van der Waals surface area contributed by atoms with Crippen molar-refractivity contribution in [2.45, 2.75) is 95.4 Å². The van der Waals surface area contributed by atoms with Gasteiger partial charge in [0, 0.05) is 22.7 Å². The summed E-state index contributed by atoms with van der Waals surface area (Å²) in [5.74, 6) is 1.54. The van der Waals surface area contributed by atoms with Crippen molar-refractivity contribution in [3.8, 4) is 0 Å². The molecule has 196 valence electrons. The SMILES string of the molecule is C[C@@H]1CC[C@@H]2[C@@H](C1)O[C@@H](c1ccccc1[C@@H]1N(c3ccccc3)C(=O)[C@H]3[C@H](C)[C@@H]4CC[C@]13O4)NC2(C)C. The lowest BCUT2D eigenvalue weighted by atomic mass is 9.69. The Bertz CT molecular complexity index is 1200. The Morgan fingerprint density at radius 1 is 0.919 bits per heavy atom. The molecule has 0 aromatic heterocycles. The summed E-state index contributed by atoms with van der Waals surface area (Å²) < 4.78 is 13.7. The molecule has 4 aliphatic heterocycles. The molecule has 1 spiro atoms. The number of hydrogen-bond acceptors (Lipinski definition) is 4. The highest BCUT2D eigenvalue weighted by molar-refractivity contribution is 6.00. The minimum absolute atomic E-state index is 0.0247. The Labute approximate surface area is 220 Å². The molecule has 1 aliphatic carbocycles. The molecule has 1 amide bonds. The molecule has 0 radical (unpaired) electrons. The molecule has 4 heterocycles. The van der Waals surface area contributed by atoms with Crippen molar-refractivity contribution in [1.82, 2.24) is 5.32 Å². The number of carbonyl (C=O) groups is 1. The molecule has 5 heteroatoms. The van der Waals surface area contributed by atoms with Crippen molar-refractivity contribution < 1.29 is 14.3 Å². The third kappa shape index (κ3) is 3.43. The Morgan fingerprint density at radius 2 is 1.65 bits per heavy atom. The van der Waals surface area contributed by atoms with E-state index in [4.69, 9.17) is 9.47 Å². The van der Waals surface area contributed by atoms with Crippen LogP contribution < -0.4 is 10.2 Å². The van der Waals surface area contributed by atoms with Crippen molar-refractivity contribution in [2.24, 2.45) is 23.7 Å². The number of hydrogen-bond donors (Lipinski definition) is 1. The number of amides is 1. The van der Waals surface area contributed by atoms with Gasteiger partial charge < -0.3 is 14.4 Å². The van der Waals surface area contributed by atoms with Gasteiger partial charge in [-0.25, -0.2) is 0 Å². The Hall–Kier alpha value is -2.21. The Morgan fingerprint density at radius 3 is 2.43 bits per heavy atom. The third-order valence-corrected chi connectivity index (χ3v) is 10.5. The number of para-hydroxylation sites is 1. The monoisotopic (exact) mass is 500 g/mol. The number of nitrogens with one attached hydrogen (secondary N) is 1. The summed E-state index contributed by atoms with van der Waals surface area (Å²) in [4.78, 5) is 16.2. The molecule has 4 saturated heterocycles. The van der Waals surface area contributed by atoms with Gasteiger partial charge in [0.25, 0.3) is 0 Å². The van der Waals surface area contributed by atoms with Crippen LogP contribution in [0.3, 0.4) is 0 Å². The van der Waals surface area contributed by atoms with Crippen LogP contribution >= 0.6 is 0 Å². The topological polar surface area (TPSA) is 50.8 Å². The zero-order chi connectivity index (χ0) is 25.5. The molecule has 2 aromatic carbocycles. The summed E-state index contributed by atoms with van der Waals surface area (Å²) >= 11 is 0. The fourth-order valence-electron chi connectivity index (χ4n) is 8.70. The molecule has 1 N–H and O–H groups in total. The zero-order valence-electron chi connectivity index (χ0n) is 22.5. The predicted octanol–water partition coefficient (Wildman–Crippen LogP) is 6.16. The van der Waals surface area contributed by atoms with Crippen LogP contribution in [0.15, 0.2) is 54.6 Å². The molecule has 9 atom stereocenters. The number of benzene rings is 2. The lowest BCUT2D eigenvalue weighted by molar-refractivity contribution is -0.157. The van der Waals surface area contributed by atoms with E-state index in [0.717, 1.165) is 36.1 Å². The van der Waals surface area contributed by atoms with Crippen LogP contribution in [0.25, 0.3) is 0 Å². The minimum Gasteiger partial charge on any atom is -0.368 e. The second kappa shape index (κ2) is 8.39. The maximum Gasteiger partial charge on any atom is 0.234 e. The molecule has 37 heavy (non-hydrogen) atoms. The second-order valence-electron chi connectivity index (χ2n) is 13.0. The predicted molar refractivity (Wildman–Crippen MR) is 144 cm³/mol. The van der Waals surface area contributed by atoms with E-state index in [1.165, 1.54) is 12.8 Å². The highest BCUT2D eigenvalue weighted by Gasteiger charge is 2.71. The first kappa shape index (κ1) is 23.9. The van der Waals surface area contributed by atoms with Crippen LogP contribution in [-0.4, -0.2) is 29.3 Å². The van der Waals surface area contributed by atoms with Crippen LogP contribution in [0.5, 0.6) is 0 Å². The van der Waals surface area contributed by atoms with E-state index in [2.05, 4.69) is 74.3 Å². The van der Waals surface area contributed by atoms with Gasteiger partial charge in [0.1, 0.15) is 11.8 Å². The molecule has 5 aliphatic rings. The quantitative estimate of drug-likeness (QED) is 0.548. The van der Waals surface area contributed by atoms with Crippen molar-refractivity contribution in [1.29, 1.82) is 0 Å². The summed E-state index contributed by atoms with van der Waals surface area (Å²) in [6, 6.07) is 18.7. The molecule has 1 saturated carbocycles. The van der Waals surface area contributed by atoms with Gasteiger partial charge in [-0.2, -0.15) is 0 Å². The lowest BCUT2D eigenvalue weighted by Crippen LogP contribution is -2.59. The van der Waals surface area contributed by atoms with E-state index in [1.807, 2.05) is 18.2 Å². The van der Waals surface area contributed by atoms with Gasteiger partial charge in [0.2, 0.25) is 5.91 Å². The molecule has 2 aromatic rings. The average molecular weight is 501 g/mol. The van der Waals surface area contributed by atoms with Crippen molar-refractivity contribution in [3.63, 3.8) is 0 Å². The molecule has 5 nitrogen and oxygen atoms in total. The Balaban J connectivity index is 1.34. The van der Waals surface area contributed by atoms with E-state index in [1.54, 1.807) is 0 Å². The summed E-state index contributed by atoms with van der Waals surface area (Å²) in [6.07, 6.45) is 5.75. The van der Waals surface area contributed by atoms with Gasteiger partial charge in [0.15, 0.2) is 0 Å². The van der Waals surface area contributed by atoms with Crippen LogP contribution in [-0.2, 0) is 14.3 Å². The highest BCUT2D eigenvalue weighted by atomic mass is 16.5. The number of fused-ring (bicyclic) bond motifs is 2. The fourth-order valence-corrected chi connectivity index (χ4v) is 8.70. The van der Waals surface area contributed by atoms with Crippen molar-refractivity contribution in [3.05, 3.63) is 65.7 Å². The van der Waals surface area contributed by atoms with E-state index in [-0.39, 0.29) is 47.8 Å². The highest BCUT2D eigenvalue weighted by Crippen LogP contribution is 2.64. The van der Waals surface area contributed by atoms with Gasteiger partial charge in [-0.3, -0.25) is 10.1 Å². The van der Waals surface area contributed by atoms with Gasteiger partial charge in [-0.05, 0) is 69.1 Å². The lowest BCUT2D eigenvalue weighted by Gasteiger charge is -2.52. The fraction of sp³-hybridized carbons (Fsp3) is 0.594. The van der Waals surface area contributed by atoms with E-state index in [9.17, 15) is 4.79 Å². The number of nitrogens with zero attached hydrogens (tertiary/aromatic N) is 1. The number of carbonyl (C=O) groups excluding carboxylic acids is 1. The molecule has 5 fully saturated rings. The smallest absolute Gasteiger partial charge is 0.234 e. The summed E-state index contributed by atoms with van der Waals surface area (Å²) in [7, 11) is 0. The van der Waals surface area contributed by atoms with Crippen molar-refractivity contribution >= 4 is 11.6 Å². The first-order valence-corrected chi connectivity index (χ1v) is 14.4. The van der Waals surface area contributed by atoms with Crippen LogP contribution in [0.4, 0.5) is 5.69 Å². The standard InChI is InChI=1S/C32H40N2O3/c1-19-14-15-24-26(18-19)36-29(33-31(24,3)4)23-13-9-8-12-22(23)28-32-17-16-25(37-32)20(2)27(32)30(35)34(28)21-10-6-5-7-11-21/h5-13,19-20,24-29,33H,14-18H2,1-4H3/t19-,20-,24-,25+,26-,27-,28+,29+,32-/m1/s1. The number of anilines is 1. The molecule has 2 bridgehead atoms. The van der Waals surface area contributed by atoms with E-state index in [0.29, 0.717) is 11.8 Å². The van der Waals surface area contributed by atoms with Crippen LogP contribution in [0.1, 0.15) is 83.2 Å². The second-order valence-corrected chi connectivity index (χ2v) is 13.0. The van der Waals surface area contributed by atoms with Gasteiger partial charge in [0.05, 0.1) is 24.2 Å². The number of ether oxygens (including phenoxy) is 2. The van der Waals surface area contributed by atoms with Crippen molar-refractivity contribution in [2.75, 3.05) is 4.90 Å². The third-order valence-electron chi connectivity index (χ3n) is 10.5. The Kier molecular flexibility index (Phi) is 5.42. The molecule has 0 unspecified atom stereocenters. The maximum absolute atomic E-state index is 14.2. The van der Waals surface area contributed by atoms with Gasteiger partial charge in [-0.15, -0.1) is 0 Å². The first-order chi connectivity index (χ1) is 17.8. The first-order valence-electron chi connectivity index (χ1n) is 14.4. The summed E-state index contributed by atoms with van der Waals surface area (Å²) in [6.45, 7) is 9.25. The van der Waals surface area contributed by atoms with Crippen LogP contribution in [0.2, 0.25) is 0 Å². The van der Waals surface area contributed by atoms with Gasteiger partial charge >= 0.3 is 0 Å². The van der Waals surface area contributed by atoms with Gasteiger partial charge in [-0.1, -0.05) is 62.7 Å². The molecular weight excluding hydrogens is 460 g/mol. The van der Waals surface area contributed by atoms with E-state index < -0.39 is 5.60 Å². The van der Waals surface area contributed by atoms with E-state index >= 15 is 0 Å². The average Bonchev–Trinajstić information content (AvgIpc) is 3.51. The zero-order valence-corrected chi connectivity index (χ0v) is 22.5. The summed E-state index contributed by atoms with van der Waals surface area (Å²) in [5, 5.41) is 3.90.